The van der Waals surface area contributed by atoms with E-state index in [4.69, 9.17) is 0 Å². The molecule has 0 fully saturated rings. The average Bonchev–Trinajstić information content (AvgIpc) is 2.19. The fourth-order valence-corrected chi connectivity index (χ4v) is 1.38. The van der Waals surface area contributed by atoms with Crippen LogP contribution >= 0.6 is 0 Å². The van der Waals surface area contributed by atoms with E-state index >= 15 is 0 Å². The maximum atomic E-state index is 11.1. The van der Waals surface area contributed by atoms with Crippen LogP contribution in [0.2, 0.25) is 0 Å². The number of nitrogens with one attached hydrogen (secondary N) is 1. The van der Waals surface area contributed by atoms with Gasteiger partial charge in [0.2, 0.25) is 0 Å². The fourth-order valence-electron chi connectivity index (χ4n) is 1.38. The molecule has 1 aliphatic rings. The topological polar surface area (TPSA) is 65.5 Å². The number of aromatic nitrogens is 1. The van der Waals surface area contributed by atoms with Crippen LogP contribution < -0.4 is 5.43 Å². The molecular weight excluding hydrogens is 180 g/mol. The first-order valence-corrected chi connectivity index (χ1v) is 4.32. The van der Waals surface area contributed by atoms with Crippen LogP contribution in [-0.4, -0.2) is 16.3 Å². The second kappa shape index (κ2) is 3.23. The van der Waals surface area contributed by atoms with E-state index in [1.807, 2.05) is 0 Å². The van der Waals surface area contributed by atoms with Crippen LogP contribution in [0.4, 0.5) is 0 Å². The lowest BCUT2D eigenvalue weighted by Gasteiger charge is -2.23. The Morgan fingerprint density at radius 2 is 2.43 bits per heavy atom. The molecule has 1 aliphatic heterocycles. The van der Waals surface area contributed by atoms with Gasteiger partial charge in [-0.2, -0.15) is 0 Å². The van der Waals surface area contributed by atoms with Gasteiger partial charge < -0.3 is 10.1 Å². The third kappa shape index (κ3) is 1.52. The second-order valence-corrected chi connectivity index (χ2v) is 3.21. The Kier molecular flexibility index (Phi) is 2.05. The van der Waals surface area contributed by atoms with E-state index in [1.54, 1.807) is 12.3 Å². The van der Waals surface area contributed by atoms with Crippen LogP contribution in [0.25, 0.3) is 0 Å². The van der Waals surface area contributed by atoms with E-state index in [0.29, 0.717) is 12.1 Å². The molecular formula is C10H10N2O2. The molecule has 1 aromatic heterocycles. The number of H-pyrrole nitrogens is 1. The van der Waals surface area contributed by atoms with Gasteiger partial charge >= 0.3 is 0 Å². The van der Waals surface area contributed by atoms with Crippen molar-refractivity contribution in [3.05, 3.63) is 46.5 Å². The number of hydrogen-bond acceptors (Lipinski definition) is 3. The predicted octanol–water partition coefficient (Wildman–Crippen LogP) is 0.551. The van der Waals surface area contributed by atoms with Crippen LogP contribution in [0.5, 0.6) is 0 Å². The van der Waals surface area contributed by atoms with Gasteiger partial charge in [0.1, 0.15) is 5.60 Å². The van der Waals surface area contributed by atoms with Crippen LogP contribution in [0.1, 0.15) is 12.1 Å². The van der Waals surface area contributed by atoms with Crippen molar-refractivity contribution >= 4 is 6.21 Å². The molecule has 0 unspecified atom stereocenters. The van der Waals surface area contributed by atoms with Crippen molar-refractivity contribution in [3.63, 3.8) is 0 Å². The SMILES string of the molecule is O=c1cc[nH]c([C@]2(O)C=CN=CC2)c1. The summed E-state index contributed by atoms with van der Waals surface area (Å²) in [5.74, 6) is 0. The minimum atomic E-state index is -1.12. The predicted molar refractivity (Wildman–Crippen MR) is 53.2 cm³/mol. The third-order valence-corrected chi connectivity index (χ3v) is 2.18. The average molecular weight is 190 g/mol. The molecule has 0 aromatic carbocycles. The summed E-state index contributed by atoms with van der Waals surface area (Å²) in [6.45, 7) is 0. The molecule has 2 heterocycles. The Morgan fingerprint density at radius 3 is 3.07 bits per heavy atom. The number of pyridine rings is 1. The van der Waals surface area contributed by atoms with Crippen molar-refractivity contribution in [1.29, 1.82) is 0 Å². The molecule has 14 heavy (non-hydrogen) atoms. The summed E-state index contributed by atoms with van der Waals surface area (Å²) in [7, 11) is 0. The lowest BCUT2D eigenvalue weighted by Crippen LogP contribution is -2.27. The number of aromatic amines is 1. The van der Waals surface area contributed by atoms with Gasteiger partial charge in [0.25, 0.3) is 0 Å². The Labute approximate surface area is 80.6 Å². The van der Waals surface area contributed by atoms with E-state index < -0.39 is 5.60 Å². The molecule has 0 aliphatic carbocycles. The molecule has 4 heteroatoms. The summed E-state index contributed by atoms with van der Waals surface area (Å²) in [5, 5.41) is 10.1. The van der Waals surface area contributed by atoms with Crippen LogP contribution in [0.3, 0.4) is 0 Å². The molecule has 0 radical (unpaired) electrons. The van der Waals surface area contributed by atoms with Crippen LogP contribution in [-0.2, 0) is 5.60 Å². The zero-order valence-corrected chi connectivity index (χ0v) is 7.47. The molecule has 2 rings (SSSR count). The van der Waals surface area contributed by atoms with Crippen molar-refractivity contribution in [2.75, 3.05) is 0 Å². The molecule has 0 amide bonds. The van der Waals surface area contributed by atoms with Gasteiger partial charge in [-0.3, -0.25) is 9.79 Å². The van der Waals surface area contributed by atoms with E-state index in [1.165, 1.54) is 24.5 Å². The number of nitrogens with zero attached hydrogens (tertiary/aromatic N) is 1. The van der Waals surface area contributed by atoms with Gasteiger partial charge in [-0.15, -0.1) is 0 Å². The van der Waals surface area contributed by atoms with Gasteiger partial charge in [-0.25, -0.2) is 0 Å². The summed E-state index contributed by atoms with van der Waals surface area (Å²) < 4.78 is 0. The van der Waals surface area contributed by atoms with E-state index in [2.05, 4.69) is 9.98 Å². The number of rotatable bonds is 1. The van der Waals surface area contributed by atoms with E-state index in [-0.39, 0.29) is 5.43 Å². The van der Waals surface area contributed by atoms with Gasteiger partial charge in [0.05, 0.1) is 5.69 Å². The zero-order chi connectivity index (χ0) is 10.0. The van der Waals surface area contributed by atoms with Gasteiger partial charge in [-0.1, -0.05) is 0 Å². The van der Waals surface area contributed by atoms with Crippen LogP contribution in [0.15, 0.2) is 40.4 Å². The number of aliphatic imine (C=N–C) groups is 1. The fraction of sp³-hybridized carbons (Fsp3) is 0.200. The van der Waals surface area contributed by atoms with Crippen molar-refractivity contribution in [2.45, 2.75) is 12.0 Å². The van der Waals surface area contributed by atoms with Gasteiger partial charge in [0.15, 0.2) is 5.43 Å². The van der Waals surface area contributed by atoms with E-state index in [9.17, 15) is 9.90 Å². The molecule has 1 aromatic rings. The lowest BCUT2D eigenvalue weighted by atomic mass is 9.94. The first kappa shape index (κ1) is 8.90. The van der Waals surface area contributed by atoms with Crippen molar-refractivity contribution < 1.29 is 5.11 Å². The van der Waals surface area contributed by atoms with Crippen molar-refractivity contribution in [3.8, 4) is 0 Å². The molecule has 0 saturated heterocycles. The third-order valence-electron chi connectivity index (χ3n) is 2.18. The summed E-state index contributed by atoms with van der Waals surface area (Å²) in [5.41, 5.74) is -0.752. The Bertz CT molecular complexity index is 447. The largest absolute Gasteiger partial charge is 0.379 e. The highest BCUT2D eigenvalue weighted by molar-refractivity contribution is 5.62. The van der Waals surface area contributed by atoms with Gasteiger partial charge in [-0.05, 0) is 6.08 Å². The van der Waals surface area contributed by atoms with Crippen molar-refractivity contribution in [2.24, 2.45) is 4.99 Å². The van der Waals surface area contributed by atoms with Crippen LogP contribution in [0, 0.1) is 0 Å². The highest BCUT2D eigenvalue weighted by Gasteiger charge is 2.27. The van der Waals surface area contributed by atoms with Crippen molar-refractivity contribution in [1.82, 2.24) is 4.98 Å². The minimum absolute atomic E-state index is 0.122. The smallest absolute Gasteiger partial charge is 0.181 e. The summed E-state index contributed by atoms with van der Waals surface area (Å²) in [6.07, 6.45) is 6.61. The van der Waals surface area contributed by atoms with E-state index in [0.717, 1.165) is 0 Å². The first-order chi connectivity index (χ1) is 6.71. The standard InChI is InChI=1S/C10H10N2O2/c13-8-1-4-12-9(7-8)10(14)2-5-11-6-3-10/h1-2,4-7,14H,3H2,(H,12,13)/t10-/m0/s1. The van der Waals surface area contributed by atoms with Gasteiger partial charge in [0, 0.05) is 37.2 Å². The quantitative estimate of drug-likeness (QED) is 0.679. The first-order valence-electron chi connectivity index (χ1n) is 4.32. The monoisotopic (exact) mass is 190 g/mol. The lowest BCUT2D eigenvalue weighted by molar-refractivity contribution is 0.0925. The maximum Gasteiger partial charge on any atom is 0.181 e. The normalized spacial score (nSPS) is 25.2. The zero-order valence-electron chi connectivity index (χ0n) is 7.47. The number of hydrogen-bond donors (Lipinski definition) is 2. The Hall–Kier alpha value is -1.68. The summed E-state index contributed by atoms with van der Waals surface area (Å²) in [6, 6.07) is 2.80. The molecule has 0 saturated carbocycles. The highest BCUT2D eigenvalue weighted by Crippen LogP contribution is 2.24. The summed E-state index contributed by atoms with van der Waals surface area (Å²) >= 11 is 0. The molecule has 2 N–H and O–H groups in total. The second-order valence-electron chi connectivity index (χ2n) is 3.21. The molecule has 0 spiro atoms. The Morgan fingerprint density at radius 1 is 1.57 bits per heavy atom. The highest BCUT2D eigenvalue weighted by atomic mass is 16.3. The summed E-state index contributed by atoms with van der Waals surface area (Å²) in [4.78, 5) is 17.8. The molecule has 0 bridgehead atoms. The Balaban J connectivity index is 2.44. The number of aliphatic hydroxyl groups is 1. The minimum Gasteiger partial charge on any atom is -0.379 e. The maximum absolute atomic E-state index is 11.1. The molecule has 4 nitrogen and oxygen atoms in total. The molecule has 1 atom stereocenters. The molecule has 72 valence electrons.